The number of rotatable bonds is 6. The fourth-order valence-electron chi connectivity index (χ4n) is 5.23. The first kappa shape index (κ1) is 21.5. The van der Waals surface area contributed by atoms with Gasteiger partial charge >= 0.3 is 6.01 Å². The van der Waals surface area contributed by atoms with Gasteiger partial charge in [-0.05, 0) is 68.9 Å². The molecule has 2 aliphatic carbocycles. The lowest BCUT2D eigenvalue weighted by molar-refractivity contribution is 0.0850. The van der Waals surface area contributed by atoms with Crippen molar-refractivity contribution in [3.05, 3.63) is 41.9 Å². The fourth-order valence-corrected chi connectivity index (χ4v) is 5.23. The number of nitrogens with one attached hydrogen (secondary N) is 1. The van der Waals surface area contributed by atoms with Crippen LogP contribution in [0.15, 0.2) is 30.7 Å². The van der Waals surface area contributed by atoms with E-state index in [1.807, 2.05) is 26.2 Å². The molecule has 7 heteroatoms. The number of fused-ring (bicyclic) bond motifs is 1. The van der Waals surface area contributed by atoms with E-state index in [-0.39, 0.29) is 18.1 Å². The second kappa shape index (κ2) is 9.62. The van der Waals surface area contributed by atoms with Crippen molar-refractivity contribution < 1.29 is 14.3 Å². The lowest BCUT2D eigenvalue weighted by atomic mass is 9.63. The minimum Gasteiger partial charge on any atom is -0.475 e. The van der Waals surface area contributed by atoms with Gasteiger partial charge in [-0.25, -0.2) is 15.0 Å². The molecular formula is C24H32N4O3. The van der Waals surface area contributed by atoms with Crippen LogP contribution in [0.2, 0.25) is 0 Å². The van der Waals surface area contributed by atoms with Gasteiger partial charge in [-0.15, -0.1) is 0 Å². The molecule has 2 aromatic rings. The Bertz CT molecular complexity index is 887. The Kier molecular flexibility index (Phi) is 6.68. The largest absolute Gasteiger partial charge is 0.475 e. The molecule has 4 rings (SSSR count). The summed E-state index contributed by atoms with van der Waals surface area (Å²) >= 11 is 0. The van der Waals surface area contributed by atoms with E-state index >= 15 is 0 Å². The number of ether oxygens (including phenoxy) is 2. The van der Waals surface area contributed by atoms with Crippen molar-refractivity contribution >= 4 is 5.91 Å². The monoisotopic (exact) mass is 424 g/mol. The predicted molar refractivity (Wildman–Crippen MR) is 117 cm³/mol. The summed E-state index contributed by atoms with van der Waals surface area (Å²) in [6.45, 7) is 3.89. The summed E-state index contributed by atoms with van der Waals surface area (Å²) in [5, 5.41) is 3.27. The first-order valence-electron chi connectivity index (χ1n) is 11.3. The maximum Gasteiger partial charge on any atom is 0.316 e. The summed E-state index contributed by atoms with van der Waals surface area (Å²) in [6, 6.07) is 4.05. The van der Waals surface area contributed by atoms with Crippen LogP contribution in [0.1, 0.15) is 74.2 Å². The highest BCUT2D eigenvalue weighted by Crippen LogP contribution is 2.48. The summed E-state index contributed by atoms with van der Waals surface area (Å²) in [5.74, 6) is 2.12. The summed E-state index contributed by atoms with van der Waals surface area (Å²) in [4.78, 5) is 25.7. The van der Waals surface area contributed by atoms with Crippen LogP contribution in [-0.4, -0.2) is 40.1 Å². The van der Waals surface area contributed by atoms with Crippen molar-refractivity contribution in [1.82, 2.24) is 20.3 Å². The number of pyridine rings is 1. The molecule has 3 unspecified atom stereocenters. The van der Waals surface area contributed by atoms with E-state index < -0.39 is 0 Å². The van der Waals surface area contributed by atoms with Crippen molar-refractivity contribution in [1.29, 1.82) is 0 Å². The molecule has 0 aromatic carbocycles. The molecule has 7 nitrogen and oxygen atoms in total. The first-order valence-corrected chi connectivity index (χ1v) is 11.3. The normalized spacial score (nSPS) is 25.5. The van der Waals surface area contributed by atoms with Gasteiger partial charge in [-0.3, -0.25) is 4.79 Å². The average molecular weight is 425 g/mol. The van der Waals surface area contributed by atoms with Crippen LogP contribution in [0.4, 0.5) is 0 Å². The lowest BCUT2D eigenvalue weighted by Crippen LogP contribution is -2.43. The van der Waals surface area contributed by atoms with Crippen molar-refractivity contribution in [2.75, 3.05) is 7.11 Å². The van der Waals surface area contributed by atoms with Gasteiger partial charge in [0.2, 0.25) is 5.88 Å². The van der Waals surface area contributed by atoms with Gasteiger partial charge in [-0.2, -0.15) is 0 Å². The quantitative estimate of drug-likeness (QED) is 0.750. The molecule has 4 atom stereocenters. The molecule has 2 saturated carbocycles. The summed E-state index contributed by atoms with van der Waals surface area (Å²) in [7, 11) is 1.58. The Labute approximate surface area is 184 Å². The van der Waals surface area contributed by atoms with Crippen LogP contribution in [-0.2, 0) is 0 Å². The van der Waals surface area contributed by atoms with Crippen LogP contribution >= 0.6 is 0 Å². The zero-order valence-electron chi connectivity index (χ0n) is 18.6. The van der Waals surface area contributed by atoms with Gasteiger partial charge in [0.05, 0.1) is 13.2 Å². The summed E-state index contributed by atoms with van der Waals surface area (Å²) in [5.41, 5.74) is 1.78. The van der Waals surface area contributed by atoms with Crippen molar-refractivity contribution in [2.24, 2.45) is 11.8 Å². The van der Waals surface area contributed by atoms with Crippen molar-refractivity contribution in [3.63, 3.8) is 0 Å². The molecule has 0 spiro atoms. The van der Waals surface area contributed by atoms with E-state index in [1.54, 1.807) is 25.4 Å². The van der Waals surface area contributed by atoms with Crippen LogP contribution in [0.25, 0.3) is 0 Å². The van der Waals surface area contributed by atoms with E-state index in [4.69, 9.17) is 9.47 Å². The smallest absolute Gasteiger partial charge is 0.316 e. The molecule has 2 fully saturated rings. The number of hydrogen-bond acceptors (Lipinski definition) is 6. The molecule has 2 heterocycles. The Hall–Kier alpha value is -2.70. The first-order chi connectivity index (χ1) is 15.0. The van der Waals surface area contributed by atoms with Gasteiger partial charge < -0.3 is 14.8 Å². The Morgan fingerprint density at radius 2 is 1.94 bits per heavy atom. The van der Waals surface area contributed by atoms with E-state index in [9.17, 15) is 4.79 Å². The molecule has 1 amide bonds. The molecule has 0 radical (unpaired) electrons. The Morgan fingerprint density at radius 1 is 1.13 bits per heavy atom. The van der Waals surface area contributed by atoms with Crippen molar-refractivity contribution in [3.8, 4) is 11.9 Å². The highest BCUT2D eigenvalue weighted by Gasteiger charge is 2.39. The van der Waals surface area contributed by atoms with E-state index in [1.165, 1.54) is 18.4 Å². The Morgan fingerprint density at radius 3 is 2.68 bits per heavy atom. The molecule has 0 bridgehead atoms. The third-order valence-electron chi connectivity index (χ3n) is 6.60. The number of nitrogens with zero attached hydrogens (tertiary/aromatic N) is 3. The molecule has 1 N–H and O–H groups in total. The molecule has 2 aromatic heterocycles. The lowest BCUT2D eigenvalue weighted by Gasteiger charge is -2.44. The molecule has 31 heavy (non-hydrogen) atoms. The standard InChI is InChI=1S/C24H32N4O3/c1-15(2)31-22-11-17(9-10-25-22)23(29)28-19-8-7-16-5-4-6-20(21(16)12-19)18-13-26-24(30-3)27-14-18/h9-11,13-16,19-21H,4-8,12H2,1-3H3,(H,28,29)/t16?,19-,20?,21?/m1/s1. The predicted octanol–water partition coefficient (Wildman–Crippen LogP) is 4.15. The maximum absolute atomic E-state index is 12.9. The summed E-state index contributed by atoms with van der Waals surface area (Å²) in [6.07, 6.45) is 12.3. The zero-order valence-corrected chi connectivity index (χ0v) is 18.6. The highest BCUT2D eigenvalue weighted by atomic mass is 16.5. The van der Waals surface area contributed by atoms with Gasteiger partial charge in [0.1, 0.15) is 0 Å². The second-order valence-corrected chi connectivity index (χ2v) is 9.00. The minimum absolute atomic E-state index is 0.0197. The number of hydrogen-bond donors (Lipinski definition) is 1. The van der Waals surface area contributed by atoms with Crippen LogP contribution in [0.3, 0.4) is 0 Å². The third-order valence-corrected chi connectivity index (χ3v) is 6.60. The topological polar surface area (TPSA) is 86.2 Å². The van der Waals surface area contributed by atoms with Crippen LogP contribution < -0.4 is 14.8 Å². The zero-order chi connectivity index (χ0) is 21.8. The minimum atomic E-state index is -0.0559. The van der Waals surface area contributed by atoms with E-state index in [2.05, 4.69) is 20.3 Å². The van der Waals surface area contributed by atoms with E-state index in [0.717, 1.165) is 25.7 Å². The number of carbonyl (C=O) groups excluding carboxylic acids is 1. The molecule has 166 valence electrons. The fraction of sp³-hybridized carbons (Fsp3) is 0.583. The second-order valence-electron chi connectivity index (χ2n) is 9.00. The van der Waals surface area contributed by atoms with Gasteiger partial charge in [0.15, 0.2) is 0 Å². The van der Waals surface area contributed by atoms with E-state index in [0.29, 0.717) is 35.2 Å². The van der Waals surface area contributed by atoms with Crippen LogP contribution in [0, 0.1) is 11.8 Å². The molecule has 0 aliphatic heterocycles. The average Bonchev–Trinajstić information content (AvgIpc) is 2.78. The number of amides is 1. The summed E-state index contributed by atoms with van der Waals surface area (Å²) < 4.78 is 10.7. The molecule has 2 aliphatic rings. The highest BCUT2D eigenvalue weighted by molar-refractivity contribution is 5.94. The number of aromatic nitrogens is 3. The number of carbonyl (C=O) groups is 1. The SMILES string of the molecule is COc1ncc(C2CCCC3CC[C@@H](NC(=O)c4ccnc(OC(C)C)c4)CC32)cn1. The van der Waals surface area contributed by atoms with Gasteiger partial charge in [0, 0.05) is 36.3 Å². The van der Waals surface area contributed by atoms with Gasteiger partial charge in [0.25, 0.3) is 5.91 Å². The van der Waals surface area contributed by atoms with Crippen LogP contribution in [0.5, 0.6) is 11.9 Å². The van der Waals surface area contributed by atoms with Crippen molar-refractivity contribution in [2.45, 2.75) is 70.4 Å². The number of methoxy groups -OCH3 is 1. The maximum atomic E-state index is 12.9. The molecular weight excluding hydrogens is 392 g/mol. The van der Waals surface area contributed by atoms with Gasteiger partial charge in [-0.1, -0.05) is 12.8 Å². The third kappa shape index (κ3) is 5.14. The Balaban J connectivity index is 1.43. The molecule has 0 saturated heterocycles.